The fourth-order valence-electron chi connectivity index (χ4n) is 6.08. The predicted molar refractivity (Wildman–Crippen MR) is 130 cm³/mol. The second-order valence-corrected chi connectivity index (χ2v) is 10.4. The Morgan fingerprint density at radius 2 is 1.85 bits per heavy atom. The number of benzene rings is 1. The summed E-state index contributed by atoms with van der Waals surface area (Å²) >= 11 is 6.17. The van der Waals surface area contributed by atoms with Gasteiger partial charge in [0.05, 0.1) is 0 Å². The van der Waals surface area contributed by atoms with E-state index in [1.807, 2.05) is 17.7 Å². The highest BCUT2D eigenvalue weighted by Gasteiger charge is 2.43. The lowest BCUT2D eigenvalue weighted by molar-refractivity contribution is 0.374. The van der Waals surface area contributed by atoms with Crippen molar-refractivity contribution in [2.24, 2.45) is 11.8 Å². The molecule has 1 aliphatic carbocycles. The Balaban J connectivity index is 1.22. The van der Waals surface area contributed by atoms with Gasteiger partial charge in [0, 0.05) is 48.4 Å². The number of aryl methyl sites for hydroxylation is 2. The van der Waals surface area contributed by atoms with E-state index >= 15 is 0 Å². The maximum Gasteiger partial charge on any atom is 0.242 e. The molecule has 1 aromatic carbocycles. The van der Waals surface area contributed by atoms with Crippen molar-refractivity contribution in [3.05, 3.63) is 58.5 Å². The minimum absolute atomic E-state index is 0.00155. The molecule has 3 aliphatic rings. The Morgan fingerprint density at radius 1 is 1.03 bits per heavy atom. The monoisotopic (exact) mass is 481 g/mol. The van der Waals surface area contributed by atoms with Gasteiger partial charge in [-0.05, 0) is 68.2 Å². The van der Waals surface area contributed by atoms with E-state index in [4.69, 9.17) is 21.7 Å². The van der Waals surface area contributed by atoms with Crippen molar-refractivity contribution in [2.75, 3.05) is 23.3 Å². The smallest absolute Gasteiger partial charge is 0.242 e. The topological polar surface area (TPSA) is 71.8 Å². The van der Waals surface area contributed by atoms with Gasteiger partial charge in [-0.15, -0.1) is 5.10 Å². The van der Waals surface area contributed by atoms with Crippen molar-refractivity contribution in [2.45, 2.75) is 57.5 Å². The van der Waals surface area contributed by atoms with E-state index in [0.29, 0.717) is 28.8 Å². The van der Waals surface area contributed by atoms with Crippen LogP contribution in [0.1, 0.15) is 55.1 Å². The van der Waals surface area contributed by atoms with Crippen molar-refractivity contribution in [3.63, 3.8) is 0 Å². The van der Waals surface area contributed by atoms with Gasteiger partial charge in [-0.25, -0.2) is 19.0 Å². The average Bonchev–Trinajstić information content (AvgIpc) is 3.20. The highest BCUT2D eigenvalue weighted by Crippen LogP contribution is 2.40. The van der Waals surface area contributed by atoms with Gasteiger partial charge in [0.25, 0.3) is 0 Å². The van der Waals surface area contributed by atoms with Crippen molar-refractivity contribution in [1.82, 2.24) is 24.7 Å². The van der Waals surface area contributed by atoms with Gasteiger partial charge in [-0.1, -0.05) is 18.0 Å². The van der Waals surface area contributed by atoms with Crippen molar-refractivity contribution in [3.8, 4) is 0 Å². The third-order valence-corrected chi connectivity index (χ3v) is 7.87. The number of nitrogens with zero attached hydrogens (tertiary/aromatic N) is 6. The van der Waals surface area contributed by atoms with Crippen LogP contribution in [0, 0.1) is 24.6 Å². The minimum Gasteiger partial charge on any atom is -0.356 e. The molecule has 1 N–H and O–H groups in total. The van der Waals surface area contributed by atoms with E-state index in [2.05, 4.69) is 26.3 Å². The molecule has 6 rings (SSSR count). The molecule has 34 heavy (non-hydrogen) atoms. The largest absolute Gasteiger partial charge is 0.356 e. The molecule has 4 heterocycles. The molecule has 2 aromatic heterocycles. The molecule has 2 fully saturated rings. The van der Waals surface area contributed by atoms with E-state index < -0.39 is 0 Å². The first-order chi connectivity index (χ1) is 16.5. The van der Waals surface area contributed by atoms with Crippen LogP contribution in [0.4, 0.5) is 16.2 Å². The first-order valence-electron chi connectivity index (χ1n) is 12.2. The number of anilines is 2. The van der Waals surface area contributed by atoms with E-state index in [-0.39, 0.29) is 11.7 Å². The number of aromatic nitrogens is 5. The standard InChI is InChI=1S/C25H29ClFN7/c1-15-8-22(29-14-28-15)33-12-16-5-6-17(13-33)23(16)30-25-31-24-21(4-2-3-7-34(24)32-25)18-9-19(26)11-20(27)10-18/h8-11,14,16-17,21,23H,2-7,12-13H2,1H3,(H,30,32)/t16-,17+,21-,23-/m1/s1. The molecular weight excluding hydrogens is 453 g/mol. The van der Waals surface area contributed by atoms with Crippen molar-refractivity contribution >= 4 is 23.4 Å². The first-order valence-corrected chi connectivity index (χ1v) is 12.6. The van der Waals surface area contributed by atoms with Crippen LogP contribution in [0.5, 0.6) is 0 Å². The number of hydrogen-bond donors (Lipinski definition) is 1. The van der Waals surface area contributed by atoms with Crippen LogP contribution in [0.3, 0.4) is 0 Å². The Bertz CT molecular complexity index is 1160. The lowest BCUT2D eigenvalue weighted by atomic mass is 9.92. The number of piperidine rings is 1. The molecule has 7 nitrogen and oxygen atoms in total. The fraction of sp³-hybridized carbons (Fsp3) is 0.520. The first kappa shape index (κ1) is 21.8. The maximum absolute atomic E-state index is 14.1. The van der Waals surface area contributed by atoms with Gasteiger partial charge in [0.2, 0.25) is 5.95 Å². The Kier molecular flexibility index (Phi) is 5.63. The van der Waals surface area contributed by atoms with Gasteiger partial charge in [0.1, 0.15) is 23.8 Å². The van der Waals surface area contributed by atoms with Crippen LogP contribution in [-0.4, -0.2) is 43.9 Å². The van der Waals surface area contributed by atoms with Gasteiger partial charge < -0.3 is 10.2 Å². The van der Waals surface area contributed by atoms with Crippen molar-refractivity contribution in [1.29, 1.82) is 0 Å². The molecule has 178 valence electrons. The molecule has 4 atom stereocenters. The summed E-state index contributed by atoms with van der Waals surface area (Å²) in [5, 5.41) is 8.96. The van der Waals surface area contributed by atoms with Crippen LogP contribution >= 0.6 is 11.6 Å². The molecule has 0 radical (unpaired) electrons. The number of fused-ring (bicyclic) bond motifs is 3. The number of nitrogens with one attached hydrogen (secondary N) is 1. The summed E-state index contributed by atoms with van der Waals surface area (Å²) in [6.45, 7) is 4.79. The third kappa shape index (κ3) is 4.13. The molecule has 9 heteroatoms. The van der Waals surface area contributed by atoms with E-state index in [1.54, 1.807) is 12.4 Å². The van der Waals surface area contributed by atoms with E-state index in [0.717, 1.165) is 61.8 Å². The van der Waals surface area contributed by atoms with Crippen LogP contribution in [0.2, 0.25) is 5.02 Å². The molecule has 3 aromatic rings. The third-order valence-electron chi connectivity index (χ3n) is 7.65. The van der Waals surface area contributed by atoms with Gasteiger partial charge in [0.15, 0.2) is 0 Å². The number of rotatable bonds is 4. The second-order valence-electron chi connectivity index (χ2n) is 9.96. The average molecular weight is 482 g/mol. The summed E-state index contributed by atoms with van der Waals surface area (Å²) in [7, 11) is 0. The van der Waals surface area contributed by atoms with E-state index in [1.165, 1.54) is 18.9 Å². The second kappa shape index (κ2) is 8.80. The zero-order valence-electron chi connectivity index (χ0n) is 19.3. The van der Waals surface area contributed by atoms with Crippen LogP contribution in [-0.2, 0) is 6.54 Å². The Morgan fingerprint density at radius 3 is 2.62 bits per heavy atom. The number of hydrogen-bond acceptors (Lipinski definition) is 6. The summed E-state index contributed by atoms with van der Waals surface area (Å²) < 4.78 is 16.1. The molecule has 0 amide bonds. The summed E-state index contributed by atoms with van der Waals surface area (Å²) in [4.78, 5) is 16.1. The lowest BCUT2D eigenvalue weighted by Gasteiger charge is -2.38. The van der Waals surface area contributed by atoms with E-state index in [9.17, 15) is 4.39 Å². The quantitative estimate of drug-likeness (QED) is 0.576. The zero-order valence-corrected chi connectivity index (χ0v) is 20.0. The van der Waals surface area contributed by atoms with Gasteiger partial charge in [-0.2, -0.15) is 4.98 Å². The molecule has 0 spiro atoms. The lowest BCUT2D eigenvalue weighted by Crippen LogP contribution is -2.48. The summed E-state index contributed by atoms with van der Waals surface area (Å²) in [6.07, 6.45) is 7.05. The predicted octanol–water partition coefficient (Wildman–Crippen LogP) is 4.81. The highest BCUT2D eigenvalue weighted by molar-refractivity contribution is 6.30. The van der Waals surface area contributed by atoms with Gasteiger partial charge in [-0.3, -0.25) is 0 Å². The van der Waals surface area contributed by atoms with Gasteiger partial charge >= 0.3 is 0 Å². The summed E-state index contributed by atoms with van der Waals surface area (Å²) in [6, 6.07) is 7.22. The van der Waals surface area contributed by atoms with Crippen LogP contribution < -0.4 is 10.2 Å². The van der Waals surface area contributed by atoms with Crippen LogP contribution in [0.15, 0.2) is 30.6 Å². The number of halogens is 2. The highest BCUT2D eigenvalue weighted by atomic mass is 35.5. The SMILES string of the molecule is Cc1cc(N2C[C@H]3CC[C@@H](C2)[C@@H]3Nc2nc3n(n2)CCCC[C@@H]3c2cc(F)cc(Cl)c2)ncn1. The molecule has 0 unspecified atom stereocenters. The maximum atomic E-state index is 14.1. The Labute approximate surface area is 203 Å². The Hall–Kier alpha value is -2.74. The zero-order chi connectivity index (χ0) is 23.2. The molecule has 2 aliphatic heterocycles. The summed E-state index contributed by atoms with van der Waals surface area (Å²) in [5.41, 5.74) is 1.87. The summed E-state index contributed by atoms with van der Waals surface area (Å²) in [5.74, 6) is 3.36. The molecule has 1 saturated carbocycles. The fourth-order valence-corrected chi connectivity index (χ4v) is 6.31. The van der Waals surface area contributed by atoms with Crippen LogP contribution in [0.25, 0.3) is 0 Å². The normalized spacial score (nSPS) is 26.3. The molecule has 1 saturated heterocycles. The molecule has 2 bridgehead atoms. The molecular formula is C25H29ClFN7. The minimum atomic E-state index is -0.307. The van der Waals surface area contributed by atoms with Crippen molar-refractivity contribution < 1.29 is 4.39 Å².